The van der Waals surface area contributed by atoms with Crippen LogP contribution in [0.3, 0.4) is 0 Å². The van der Waals surface area contributed by atoms with Gasteiger partial charge in [-0.1, -0.05) is 13.8 Å². The Bertz CT molecular complexity index is 387. The van der Waals surface area contributed by atoms with Crippen molar-refractivity contribution in [3.05, 3.63) is 0 Å². The third kappa shape index (κ3) is 8.25. The van der Waals surface area contributed by atoms with E-state index in [2.05, 4.69) is 9.05 Å². The molecule has 0 amide bonds. The van der Waals surface area contributed by atoms with E-state index in [9.17, 15) is 44.1 Å². The van der Waals surface area contributed by atoms with Crippen molar-refractivity contribution in [1.82, 2.24) is 0 Å². The summed E-state index contributed by atoms with van der Waals surface area (Å²) in [6.45, 7) is 1.72. The van der Waals surface area contributed by atoms with Gasteiger partial charge in [-0.15, -0.1) is 0 Å². The fourth-order valence-corrected chi connectivity index (χ4v) is 3.39. The van der Waals surface area contributed by atoms with Gasteiger partial charge in [0.1, 0.15) is 6.16 Å². The van der Waals surface area contributed by atoms with Crippen molar-refractivity contribution in [3.63, 3.8) is 0 Å². The average molecular weight is 384 g/mol. The Balaban J connectivity index is 5.53. The van der Waals surface area contributed by atoms with Crippen molar-refractivity contribution in [3.8, 4) is 0 Å². The molecule has 23 heavy (non-hydrogen) atoms. The van der Waals surface area contributed by atoms with Crippen LogP contribution in [0, 0.1) is 0 Å². The maximum atomic E-state index is 12.5. The van der Waals surface area contributed by atoms with Crippen LogP contribution in [0.15, 0.2) is 0 Å². The fourth-order valence-electron chi connectivity index (χ4n) is 1.44. The van der Waals surface area contributed by atoms with Crippen LogP contribution in [0.5, 0.6) is 0 Å². The van der Waals surface area contributed by atoms with E-state index in [4.69, 9.17) is 0 Å². The molecule has 0 aromatic rings. The van der Waals surface area contributed by atoms with Crippen LogP contribution in [-0.4, -0.2) is 36.9 Å². The van der Waals surface area contributed by atoms with Gasteiger partial charge in [0, 0.05) is 0 Å². The number of rotatable bonds is 7. The van der Waals surface area contributed by atoms with Crippen LogP contribution >= 0.6 is 7.60 Å². The molecule has 0 aliphatic rings. The van der Waals surface area contributed by atoms with Crippen molar-refractivity contribution in [2.24, 2.45) is 0 Å². The highest BCUT2D eigenvalue weighted by molar-refractivity contribution is 7.54. The average Bonchev–Trinajstić information content (AvgIpc) is 2.28. The molecule has 0 N–H and O–H groups in total. The number of hydrogen-bond acceptors (Lipinski definition) is 3. The van der Waals surface area contributed by atoms with Crippen molar-refractivity contribution >= 4 is 7.60 Å². The molecule has 2 atom stereocenters. The van der Waals surface area contributed by atoms with Gasteiger partial charge in [0.15, 0.2) is 12.2 Å². The topological polar surface area (TPSA) is 35.5 Å². The minimum Gasteiger partial charge on any atom is -0.295 e. The van der Waals surface area contributed by atoms with Crippen LogP contribution in [-0.2, 0) is 13.6 Å². The highest BCUT2D eigenvalue weighted by atomic mass is 31.2. The molecule has 0 fully saturated rings. The highest BCUT2D eigenvalue weighted by Crippen LogP contribution is 2.57. The first kappa shape index (κ1) is 22.5. The van der Waals surface area contributed by atoms with Gasteiger partial charge in [0.05, 0.1) is 0 Å². The number of hydrogen-bond donors (Lipinski definition) is 0. The summed E-state index contributed by atoms with van der Waals surface area (Å²) in [7, 11) is -5.74. The lowest BCUT2D eigenvalue weighted by Crippen LogP contribution is -2.35. The summed E-state index contributed by atoms with van der Waals surface area (Å²) in [6, 6.07) is 0. The lowest BCUT2D eigenvalue weighted by atomic mass is 10.3. The molecule has 3 nitrogen and oxygen atoms in total. The second kappa shape index (κ2) is 7.60. The Morgan fingerprint density at radius 3 is 1.26 bits per heavy atom. The summed E-state index contributed by atoms with van der Waals surface area (Å²) in [4.78, 5) is 0. The molecule has 140 valence electrons. The van der Waals surface area contributed by atoms with Gasteiger partial charge in [-0.3, -0.25) is 13.6 Å². The van der Waals surface area contributed by atoms with Gasteiger partial charge in [-0.05, 0) is 12.8 Å². The molecule has 0 aliphatic heterocycles. The molecule has 0 saturated heterocycles. The van der Waals surface area contributed by atoms with Gasteiger partial charge >= 0.3 is 26.1 Å². The van der Waals surface area contributed by atoms with E-state index in [-0.39, 0.29) is 0 Å². The van der Waals surface area contributed by atoms with Crippen molar-refractivity contribution < 1.29 is 53.1 Å². The third-order valence-corrected chi connectivity index (χ3v) is 4.32. The molecule has 0 aliphatic carbocycles. The Kier molecular flexibility index (Phi) is 7.45. The molecule has 13 heteroatoms. The van der Waals surface area contributed by atoms with Gasteiger partial charge < -0.3 is 0 Å². The highest BCUT2D eigenvalue weighted by Gasteiger charge is 2.52. The summed E-state index contributed by atoms with van der Waals surface area (Å²) in [5.41, 5.74) is 0. The molecule has 0 bridgehead atoms. The second-order valence-corrected chi connectivity index (χ2v) is 6.43. The van der Waals surface area contributed by atoms with Gasteiger partial charge in [0.2, 0.25) is 0 Å². The van der Waals surface area contributed by atoms with Crippen LogP contribution in [0.2, 0.25) is 0 Å². The van der Waals surface area contributed by atoms with E-state index in [0.717, 1.165) is 13.8 Å². The molecular weight excluding hydrogens is 370 g/mol. The lowest BCUT2D eigenvalue weighted by Gasteiger charge is -2.29. The standard InChI is InChI=1S/C10H14F9O3P/c1-3-6(9(14,15)16)21-23(20,5-8(11,12)13)22-7(4-2)10(17,18)19/h6-7H,3-5H2,1-2H3. The first-order chi connectivity index (χ1) is 10.0. The molecule has 0 aromatic heterocycles. The lowest BCUT2D eigenvalue weighted by molar-refractivity contribution is -0.213. The molecule has 0 radical (unpaired) electrons. The van der Waals surface area contributed by atoms with Gasteiger partial charge in [0.25, 0.3) is 0 Å². The monoisotopic (exact) mass is 384 g/mol. The van der Waals surface area contributed by atoms with E-state index >= 15 is 0 Å². The van der Waals surface area contributed by atoms with Crippen molar-refractivity contribution in [1.29, 1.82) is 0 Å². The summed E-state index contributed by atoms with van der Waals surface area (Å²) >= 11 is 0. The Morgan fingerprint density at radius 1 is 0.783 bits per heavy atom. The zero-order valence-electron chi connectivity index (χ0n) is 11.8. The molecule has 0 rings (SSSR count). The van der Waals surface area contributed by atoms with Crippen LogP contribution in [0.4, 0.5) is 39.5 Å². The molecule has 2 unspecified atom stereocenters. The van der Waals surface area contributed by atoms with Crippen LogP contribution in [0.1, 0.15) is 26.7 Å². The summed E-state index contributed by atoms with van der Waals surface area (Å²) in [5.74, 6) is 0. The zero-order chi connectivity index (χ0) is 18.7. The first-order valence-electron chi connectivity index (χ1n) is 6.20. The second-order valence-electron chi connectivity index (χ2n) is 4.47. The smallest absolute Gasteiger partial charge is 0.295 e. The van der Waals surface area contributed by atoms with Crippen LogP contribution < -0.4 is 0 Å². The summed E-state index contributed by atoms with van der Waals surface area (Å²) in [5, 5.41) is 0. The Hall–Kier alpha value is -0.480. The maximum absolute atomic E-state index is 12.5. The van der Waals surface area contributed by atoms with Crippen molar-refractivity contribution in [2.45, 2.75) is 57.4 Å². The maximum Gasteiger partial charge on any atom is 0.415 e. The largest absolute Gasteiger partial charge is 0.415 e. The zero-order valence-corrected chi connectivity index (χ0v) is 12.7. The Labute approximate surface area is 125 Å². The minimum absolute atomic E-state index is 0.858. The molecular formula is C10H14F9O3P. The predicted molar refractivity (Wildman–Crippen MR) is 61.0 cm³/mol. The van der Waals surface area contributed by atoms with E-state index in [0.29, 0.717) is 0 Å². The number of halogens is 9. The quantitative estimate of drug-likeness (QED) is 0.432. The minimum atomic E-state index is -5.74. The van der Waals surface area contributed by atoms with Gasteiger partial charge in [-0.2, -0.15) is 39.5 Å². The molecule has 0 heterocycles. The summed E-state index contributed by atoms with van der Waals surface area (Å²) < 4.78 is 132. The number of alkyl halides is 9. The third-order valence-electron chi connectivity index (χ3n) is 2.42. The molecule has 0 saturated carbocycles. The first-order valence-corrected chi connectivity index (χ1v) is 7.93. The van der Waals surface area contributed by atoms with Crippen molar-refractivity contribution in [2.75, 3.05) is 6.16 Å². The summed E-state index contributed by atoms with van der Waals surface area (Å²) in [6.07, 6.45) is -26.1. The van der Waals surface area contributed by atoms with E-state index in [1.165, 1.54) is 0 Å². The fraction of sp³-hybridized carbons (Fsp3) is 1.00. The Morgan fingerprint density at radius 2 is 1.09 bits per heavy atom. The van der Waals surface area contributed by atoms with E-state index in [1.807, 2.05) is 0 Å². The van der Waals surface area contributed by atoms with E-state index < -0.39 is 57.3 Å². The predicted octanol–water partition coefficient (Wildman–Crippen LogP) is 5.46. The molecule has 0 spiro atoms. The SMILES string of the molecule is CCC(OP(=O)(CC(F)(F)F)OC(CC)C(F)(F)F)C(F)(F)F. The van der Waals surface area contributed by atoms with Gasteiger partial charge in [-0.25, -0.2) is 0 Å². The molecule has 0 aromatic carbocycles. The normalized spacial score (nSPS) is 19.3. The van der Waals surface area contributed by atoms with E-state index in [1.54, 1.807) is 0 Å². The van der Waals surface area contributed by atoms with Crippen LogP contribution in [0.25, 0.3) is 0 Å².